The Morgan fingerprint density at radius 2 is 2.08 bits per heavy atom. The van der Waals surface area contributed by atoms with E-state index >= 15 is 0 Å². The van der Waals surface area contributed by atoms with Crippen LogP contribution in [0.1, 0.15) is 44.7 Å². The molecule has 1 heterocycles. The number of amides is 1. The van der Waals surface area contributed by atoms with Gasteiger partial charge in [-0.2, -0.15) is 0 Å². The minimum absolute atomic E-state index is 0.0332. The van der Waals surface area contributed by atoms with Crippen molar-refractivity contribution in [2.45, 2.75) is 45.1 Å². The number of allylic oxidation sites excluding steroid dienone is 1. The van der Waals surface area contributed by atoms with E-state index in [-0.39, 0.29) is 16.9 Å². The minimum Gasteiger partial charge on any atom is -0.351 e. The Morgan fingerprint density at radius 3 is 2.76 bits per heavy atom. The molecule has 3 nitrogen and oxygen atoms in total. The molecule has 2 atom stereocenters. The lowest BCUT2D eigenvalue weighted by atomic mass is 9.59. The molecule has 2 aliphatic carbocycles. The van der Waals surface area contributed by atoms with Crippen molar-refractivity contribution in [1.29, 1.82) is 0 Å². The van der Waals surface area contributed by atoms with Gasteiger partial charge in [0.05, 0.1) is 6.04 Å². The predicted octanol–water partition coefficient (Wildman–Crippen LogP) is 4.32. The molecular formula is C22H26N2O. The molecule has 1 amide bonds. The average molecular weight is 334 g/mol. The van der Waals surface area contributed by atoms with Crippen molar-refractivity contribution in [3.63, 3.8) is 0 Å². The Hall–Kier alpha value is -2.29. The monoisotopic (exact) mass is 334 g/mol. The molecule has 3 heteroatoms. The highest BCUT2D eigenvalue weighted by Gasteiger charge is 2.46. The van der Waals surface area contributed by atoms with Crippen LogP contribution < -0.4 is 5.32 Å². The molecule has 25 heavy (non-hydrogen) atoms. The zero-order valence-corrected chi connectivity index (χ0v) is 15.5. The van der Waals surface area contributed by atoms with E-state index in [2.05, 4.69) is 68.7 Å². The Morgan fingerprint density at radius 1 is 1.32 bits per heavy atom. The molecule has 0 saturated heterocycles. The van der Waals surface area contributed by atoms with Crippen molar-refractivity contribution in [3.05, 3.63) is 53.8 Å². The zero-order chi connectivity index (χ0) is 18.0. The molecule has 0 radical (unpaired) electrons. The lowest BCUT2D eigenvalue weighted by Gasteiger charge is -2.47. The lowest BCUT2D eigenvalue weighted by Crippen LogP contribution is -2.47. The summed E-state index contributed by atoms with van der Waals surface area (Å²) in [5, 5.41) is 4.46. The topological polar surface area (TPSA) is 34.0 Å². The third kappa shape index (κ3) is 1.95. The van der Waals surface area contributed by atoms with Crippen molar-refractivity contribution < 1.29 is 4.79 Å². The number of nitrogens with zero attached hydrogens (tertiary/aromatic N) is 1. The van der Waals surface area contributed by atoms with Crippen molar-refractivity contribution in [3.8, 4) is 0 Å². The van der Waals surface area contributed by atoms with Crippen molar-refractivity contribution in [1.82, 2.24) is 9.88 Å². The first-order chi connectivity index (χ1) is 11.8. The van der Waals surface area contributed by atoms with E-state index in [4.69, 9.17) is 0 Å². The first kappa shape index (κ1) is 16.2. The number of aryl methyl sites for hydroxylation is 1. The summed E-state index contributed by atoms with van der Waals surface area (Å²) >= 11 is 0. The highest BCUT2D eigenvalue weighted by atomic mass is 16.1. The maximum Gasteiger partial charge on any atom is 0.207 e. The summed E-state index contributed by atoms with van der Waals surface area (Å²) in [5.41, 5.74) is 6.51. The number of carbonyl (C=O) groups excluding carboxylic acids is 1. The third-order valence-electron chi connectivity index (χ3n) is 6.62. The average Bonchev–Trinajstić information content (AvgIpc) is 2.92. The SMILES string of the molecule is C=C[C@@]1(C)CCC2=C(c3cn(C)c4cccc(c34)C2(C)C)[C@H]1NC=O. The molecule has 2 aliphatic rings. The zero-order valence-electron chi connectivity index (χ0n) is 15.5. The second-order valence-electron chi connectivity index (χ2n) is 8.30. The number of hydrogen-bond acceptors (Lipinski definition) is 1. The first-order valence-corrected chi connectivity index (χ1v) is 9.01. The van der Waals surface area contributed by atoms with Crippen LogP contribution >= 0.6 is 0 Å². The predicted molar refractivity (Wildman–Crippen MR) is 103 cm³/mol. The van der Waals surface area contributed by atoms with Gasteiger partial charge in [0.25, 0.3) is 0 Å². The highest BCUT2D eigenvalue weighted by Crippen LogP contribution is 2.55. The number of nitrogens with one attached hydrogen (secondary N) is 1. The van der Waals surface area contributed by atoms with Crippen molar-refractivity contribution >= 4 is 22.9 Å². The summed E-state index contributed by atoms with van der Waals surface area (Å²) in [6.07, 6.45) is 7.13. The molecule has 1 aromatic carbocycles. The van der Waals surface area contributed by atoms with Crippen molar-refractivity contribution in [2.24, 2.45) is 12.5 Å². The van der Waals surface area contributed by atoms with Gasteiger partial charge in [-0.15, -0.1) is 6.58 Å². The third-order valence-corrected chi connectivity index (χ3v) is 6.62. The first-order valence-electron chi connectivity index (χ1n) is 9.01. The lowest BCUT2D eigenvalue weighted by molar-refractivity contribution is -0.110. The Labute approximate surface area is 149 Å². The number of fused-ring (bicyclic) bond motifs is 1. The fourth-order valence-corrected chi connectivity index (χ4v) is 5.04. The van der Waals surface area contributed by atoms with E-state index < -0.39 is 0 Å². The molecule has 130 valence electrons. The van der Waals surface area contributed by atoms with Crippen LogP contribution in [-0.4, -0.2) is 17.0 Å². The molecule has 0 saturated carbocycles. The Bertz CT molecular complexity index is 931. The summed E-state index contributed by atoms with van der Waals surface area (Å²) in [6, 6.07) is 6.57. The van der Waals surface area contributed by atoms with Crippen LogP contribution in [0, 0.1) is 5.41 Å². The van der Waals surface area contributed by atoms with E-state index in [0.29, 0.717) is 0 Å². The highest BCUT2D eigenvalue weighted by molar-refractivity contribution is 6.01. The number of carbonyl (C=O) groups is 1. The van der Waals surface area contributed by atoms with Crippen LogP contribution in [0.3, 0.4) is 0 Å². The van der Waals surface area contributed by atoms with Gasteiger partial charge in [0.1, 0.15) is 0 Å². The van der Waals surface area contributed by atoms with E-state index in [0.717, 1.165) is 19.3 Å². The van der Waals surface area contributed by atoms with Gasteiger partial charge in [0.15, 0.2) is 0 Å². The number of hydrogen-bond donors (Lipinski definition) is 1. The van der Waals surface area contributed by atoms with E-state index in [9.17, 15) is 4.79 Å². The standard InChI is InChI=1S/C22H26N2O/c1-6-22(4)11-10-16-19(20(22)23-13-25)14-12-24(5)17-9-7-8-15(18(14)17)21(16,2)3/h6-9,12-13,20H,1,10-11H2,2-5H3,(H,23,25)/t20-,22+/m1/s1. The summed E-state index contributed by atoms with van der Waals surface area (Å²) in [7, 11) is 2.10. The largest absolute Gasteiger partial charge is 0.351 e. The number of aromatic nitrogens is 1. The number of rotatable bonds is 3. The smallest absolute Gasteiger partial charge is 0.207 e. The summed E-state index contributed by atoms with van der Waals surface area (Å²) in [6.45, 7) is 10.9. The van der Waals surface area contributed by atoms with Gasteiger partial charge in [0.2, 0.25) is 6.41 Å². The Kier molecular flexibility index (Phi) is 3.31. The summed E-state index contributed by atoms with van der Waals surface area (Å²) < 4.78 is 2.21. The van der Waals surface area contributed by atoms with Gasteiger partial charge in [-0.3, -0.25) is 4.79 Å². The van der Waals surface area contributed by atoms with E-state index in [1.165, 1.54) is 33.2 Å². The molecule has 4 rings (SSSR count). The molecule has 0 bridgehead atoms. The van der Waals surface area contributed by atoms with Gasteiger partial charge < -0.3 is 9.88 Å². The minimum atomic E-state index is -0.135. The van der Waals surface area contributed by atoms with Gasteiger partial charge in [-0.25, -0.2) is 0 Å². The second kappa shape index (κ2) is 5.10. The van der Waals surface area contributed by atoms with Crippen LogP contribution in [0.5, 0.6) is 0 Å². The van der Waals surface area contributed by atoms with E-state index in [1.807, 2.05) is 6.08 Å². The molecule has 0 aliphatic heterocycles. The Balaban J connectivity index is 2.09. The molecule has 0 fully saturated rings. The molecule has 0 unspecified atom stereocenters. The van der Waals surface area contributed by atoms with Gasteiger partial charge in [-0.1, -0.05) is 44.6 Å². The van der Waals surface area contributed by atoms with Gasteiger partial charge in [0, 0.05) is 40.5 Å². The van der Waals surface area contributed by atoms with Crippen LogP contribution in [0.2, 0.25) is 0 Å². The van der Waals surface area contributed by atoms with E-state index in [1.54, 1.807) is 0 Å². The summed E-state index contributed by atoms with van der Waals surface area (Å²) in [5.74, 6) is 0. The van der Waals surface area contributed by atoms with Crippen LogP contribution in [0.25, 0.3) is 16.5 Å². The van der Waals surface area contributed by atoms with Crippen molar-refractivity contribution in [2.75, 3.05) is 0 Å². The molecule has 2 aromatic rings. The maximum absolute atomic E-state index is 11.4. The fourth-order valence-electron chi connectivity index (χ4n) is 5.04. The molecule has 0 spiro atoms. The second-order valence-corrected chi connectivity index (χ2v) is 8.30. The number of benzene rings is 1. The van der Waals surface area contributed by atoms with Gasteiger partial charge in [-0.05, 0) is 30.0 Å². The van der Waals surface area contributed by atoms with Gasteiger partial charge >= 0.3 is 0 Å². The molecule has 1 aromatic heterocycles. The summed E-state index contributed by atoms with van der Waals surface area (Å²) in [4.78, 5) is 11.4. The van der Waals surface area contributed by atoms with Crippen LogP contribution in [0.15, 0.2) is 42.6 Å². The van der Waals surface area contributed by atoms with Crippen LogP contribution in [0.4, 0.5) is 0 Å². The maximum atomic E-state index is 11.4. The quantitative estimate of drug-likeness (QED) is 0.658. The molecular weight excluding hydrogens is 308 g/mol. The normalized spacial score (nSPS) is 27.1. The fraction of sp³-hybridized carbons (Fsp3) is 0.409. The van der Waals surface area contributed by atoms with Crippen LogP contribution in [-0.2, 0) is 17.3 Å². The molecule has 1 N–H and O–H groups in total.